The summed E-state index contributed by atoms with van der Waals surface area (Å²) in [6.07, 6.45) is 5.29. The van der Waals surface area contributed by atoms with Crippen LogP contribution in [0, 0.1) is 5.41 Å². The Balaban J connectivity index is 2.18. The molecule has 1 atom stereocenters. The molecule has 0 fully saturated rings. The number of nitrogens with zero attached hydrogens (tertiary/aromatic N) is 1. The number of hydrogen-bond acceptors (Lipinski definition) is 2. The van der Waals surface area contributed by atoms with E-state index in [1.54, 1.807) is 0 Å². The van der Waals surface area contributed by atoms with Crippen LogP contribution in [0.2, 0.25) is 0 Å². The largest absolute Gasteiger partial charge is 0.492 e. The molecule has 120 valence electrons. The van der Waals surface area contributed by atoms with E-state index in [0.29, 0.717) is 12.5 Å². The normalized spacial score (nSPS) is 17.5. The van der Waals surface area contributed by atoms with Crippen LogP contribution in [0.15, 0.2) is 48.7 Å². The van der Waals surface area contributed by atoms with Crippen LogP contribution in [0.4, 0.5) is 0 Å². The summed E-state index contributed by atoms with van der Waals surface area (Å²) in [7, 11) is 0. The Hall–Kier alpha value is -2.09. The summed E-state index contributed by atoms with van der Waals surface area (Å²) >= 11 is 0. The van der Waals surface area contributed by atoms with E-state index in [9.17, 15) is 0 Å². The first-order valence-electron chi connectivity index (χ1n) is 8.41. The molecule has 0 radical (unpaired) electrons. The van der Waals surface area contributed by atoms with E-state index in [-0.39, 0.29) is 5.41 Å². The topological polar surface area (TPSA) is 22.1 Å². The molecule has 0 saturated carbocycles. The van der Waals surface area contributed by atoms with Crippen molar-refractivity contribution >= 4 is 5.57 Å². The Kier molecular flexibility index (Phi) is 4.25. The number of aromatic nitrogens is 1. The SMILES string of the molecule is CCC(C)c1ccc2c(c1)C(c1ccccn1)=CC(C)(C)CO2. The summed E-state index contributed by atoms with van der Waals surface area (Å²) in [5.41, 5.74) is 4.67. The van der Waals surface area contributed by atoms with Crippen molar-refractivity contribution in [2.45, 2.75) is 40.0 Å². The maximum Gasteiger partial charge on any atom is 0.127 e. The van der Waals surface area contributed by atoms with Gasteiger partial charge in [0.25, 0.3) is 0 Å². The van der Waals surface area contributed by atoms with Crippen molar-refractivity contribution in [3.8, 4) is 5.75 Å². The van der Waals surface area contributed by atoms with Gasteiger partial charge in [-0.3, -0.25) is 4.98 Å². The van der Waals surface area contributed by atoms with Gasteiger partial charge in [-0.05, 0) is 42.2 Å². The molecule has 2 aromatic rings. The first-order chi connectivity index (χ1) is 11.0. The van der Waals surface area contributed by atoms with Gasteiger partial charge in [-0.2, -0.15) is 0 Å². The molecule has 0 aliphatic carbocycles. The molecule has 2 heteroatoms. The van der Waals surface area contributed by atoms with Gasteiger partial charge in [-0.25, -0.2) is 0 Å². The Morgan fingerprint density at radius 2 is 2.04 bits per heavy atom. The molecule has 3 rings (SSSR count). The van der Waals surface area contributed by atoms with Crippen LogP contribution < -0.4 is 4.74 Å². The standard InChI is InChI=1S/C21H25NO/c1-5-15(2)16-9-10-20-17(12-16)18(13-21(3,4)14-23-20)19-8-6-7-11-22-19/h6-13,15H,5,14H2,1-4H3. The molecule has 0 saturated heterocycles. The molecule has 1 aliphatic rings. The monoisotopic (exact) mass is 307 g/mol. The molecule has 1 aliphatic heterocycles. The molecule has 0 bridgehead atoms. The Labute approximate surface area is 139 Å². The van der Waals surface area contributed by atoms with Crippen molar-refractivity contribution in [3.05, 3.63) is 65.5 Å². The minimum absolute atomic E-state index is 0.0254. The summed E-state index contributed by atoms with van der Waals surface area (Å²) < 4.78 is 6.10. The van der Waals surface area contributed by atoms with Crippen LogP contribution in [-0.4, -0.2) is 11.6 Å². The van der Waals surface area contributed by atoms with Crippen molar-refractivity contribution in [1.82, 2.24) is 4.98 Å². The van der Waals surface area contributed by atoms with E-state index in [2.05, 4.69) is 63.0 Å². The molecular weight excluding hydrogens is 282 g/mol. The van der Waals surface area contributed by atoms with E-state index in [4.69, 9.17) is 4.74 Å². The van der Waals surface area contributed by atoms with Crippen LogP contribution >= 0.6 is 0 Å². The highest BCUT2D eigenvalue weighted by atomic mass is 16.5. The second-order valence-corrected chi connectivity index (χ2v) is 7.12. The Morgan fingerprint density at radius 1 is 1.22 bits per heavy atom. The third-order valence-corrected chi connectivity index (χ3v) is 4.55. The maximum absolute atomic E-state index is 6.10. The summed E-state index contributed by atoms with van der Waals surface area (Å²) in [6.45, 7) is 9.59. The maximum atomic E-state index is 6.10. The van der Waals surface area contributed by atoms with Gasteiger partial charge in [0.2, 0.25) is 0 Å². The highest BCUT2D eigenvalue weighted by Gasteiger charge is 2.25. The number of rotatable bonds is 3. The van der Waals surface area contributed by atoms with Crippen LogP contribution in [0.25, 0.3) is 5.57 Å². The van der Waals surface area contributed by atoms with Crippen LogP contribution in [0.1, 0.15) is 56.9 Å². The van der Waals surface area contributed by atoms with Gasteiger partial charge in [0, 0.05) is 22.7 Å². The fraction of sp³-hybridized carbons (Fsp3) is 0.381. The fourth-order valence-corrected chi connectivity index (χ4v) is 2.93. The highest BCUT2D eigenvalue weighted by molar-refractivity contribution is 5.82. The average Bonchev–Trinajstić information content (AvgIpc) is 2.71. The minimum atomic E-state index is -0.0254. The minimum Gasteiger partial charge on any atom is -0.492 e. The summed E-state index contributed by atoms with van der Waals surface area (Å²) in [6, 6.07) is 12.7. The number of pyridine rings is 1. The van der Waals surface area contributed by atoms with E-state index in [1.165, 1.54) is 11.1 Å². The van der Waals surface area contributed by atoms with Crippen LogP contribution in [0.3, 0.4) is 0 Å². The van der Waals surface area contributed by atoms with Gasteiger partial charge in [-0.1, -0.05) is 45.9 Å². The van der Waals surface area contributed by atoms with Gasteiger partial charge in [0.05, 0.1) is 12.3 Å². The summed E-state index contributed by atoms with van der Waals surface area (Å²) in [4.78, 5) is 4.58. The van der Waals surface area contributed by atoms with Crippen LogP contribution in [0.5, 0.6) is 5.75 Å². The zero-order valence-corrected chi connectivity index (χ0v) is 14.5. The Bertz CT molecular complexity index is 716. The summed E-state index contributed by atoms with van der Waals surface area (Å²) in [5.74, 6) is 1.50. The molecule has 1 unspecified atom stereocenters. The first kappa shape index (κ1) is 15.8. The zero-order valence-electron chi connectivity index (χ0n) is 14.5. The van der Waals surface area contributed by atoms with Gasteiger partial charge in [-0.15, -0.1) is 0 Å². The molecule has 2 heterocycles. The lowest BCUT2D eigenvalue weighted by atomic mass is 9.87. The quantitative estimate of drug-likeness (QED) is 0.752. The predicted octanol–water partition coefficient (Wildman–Crippen LogP) is 5.45. The van der Waals surface area contributed by atoms with Crippen LogP contribution in [-0.2, 0) is 0 Å². The molecule has 0 spiro atoms. The predicted molar refractivity (Wildman–Crippen MR) is 95.7 cm³/mol. The summed E-state index contributed by atoms with van der Waals surface area (Å²) in [5, 5.41) is 0. The number of benzene rings is 1. The van der Waals surface area contributed by atoms with Gasteiger partial charge >= 0.3 is 0 Å². The van der Waals surface area contributed by atoms with Crippen molar-refractivity contribution in [1.29, 1.82) is 0 Å². The second-order valence-electron chi connectivity index (χ2n) is 7.12. The lowest BCUT2D eigenvalue weighted by Crippen LogP contribution is -2.17. The third-order valence-electron chi connectivity index (χ3n) is 4.55. The van der Waals surface area contributed by atoms with E-state index >= 15 is 0 Å². The molecule has 1 aromatic heterocycles. The molecule has 23 heavy (non-hydrogen) atoms. The van der Waals surface area contributed by atoms with Crippen molar-refractivity contribution in [2.24, 2.45) is 5.41 Å². The fourth-order valence-electron chi connectivity index (χ4n) is 2.93. The first-order valence-corrected chi connectivity index (χ1v) is 8.41. The van der Waals surface area contributed by atoms with Crippen molar-refractivity contribution < 1.29 is 4.74 Å². The van der Waals surface area contributed by atoms with E-state index < -0.39 is 0 Å². The smallest absolute Gasteiger partial charge is 0.127 e. The molecule has 2 nitrogen and oxygen atoms in total. The number of ether oxygens (including phenoxy) is 1. The average molecular weight is 307 g/mol. The molecule has 1 aromatic carbocycles. The number of hydrogen-bond donors (Lipinski definition) is 0. The lowest BCUT2D eigenvalue weighted by molar-refractivity contribution is 0.225. The van der Waals surface area contributed by atoms with Gasteiger partial charge < -0.3 is 4.74 Å². The third kappa shape index (κ3) is 3.31. The van der Waals surface area contributed by atoms with E-state index in [1.807, 2.05) is 18.3 Å². The van der Waals surface area contributed by atoms with Crippen molar-refractivity contribution in [2.75, 3.05) is 6.61 Å². The van der Waals surface area contributed by atoms with Crippen molar-refractivity contribution in [3.63, 3.8) is 0 Å². The highest BCUT2D eigenvalue weighted by Crippen LogP contribution is 2.39. The van der Waals surface area contributed by atoms with Gasteiger partial charge in [0.15, 0.2) is 0 Å². The number of fused-ring (bicyclic) bond motifs is 1. The second kappa shape index (κ2) is 6.19. The lowest BCUT2D eigenvalue weighted by Gasteiger charge is -2.18. The Morgan fingerprint density at radius 3 is 2.74 bits per heavy atom. The molecule has 0 amide bonds. The zero-order chi connectivity index (χ0) is 16.4. The molecular formula is C21H25NO. The van der Waals surface area contributed by atoms with Gasteiger partial charge in [0.1, 0.15) is 5.75 Å². The molecule has 0 N–H and O–H groups in total. The van der Waals surface area contributed by atoms with E-state index in [0.717, 1.165) is 23.4 Å².